The Bertz CT molecular complexity index is 755. The predicted molar refractivity (Wildman–Crippen MR) is 108 cm³/mol. The van der Waals surface area contributed by atoms with Crippen LogP contribution >= 0.6 is 0 Å². The summed E-state index contributed by atoms with van der Waals surface area (Å²) in [6, 6.07) is 2.68. The Morgan fingerprint density at radius 1 is 1.37 bits per heavy atom. The Morgan fingerprint density at radius 3 is 2.60 bits per heavy atom. The van der Waals surface area contributed by atoms with E-state index >= 15 is 0 Å². The largest absolute Gasteiger partial charge is 0.418 e. The number of carbonyl (C=O) groups excluding carboxylic acids is 2. The van der Waals surface area contributed by atoms with E-state index in [1.165, 1.54) is 17.0 Å². The summed E-state index contributed by atoms with van der Waals surface area (Å²) in [6.45, 7) is 7.18. The van der Waals surface area contributed by atoms with Crippen LogP contribution in [-0.4, -0.2) is 62.1 Å². The zero-order valence-corrected chi connectivity index (χ0v) is 17.5. The zero-order chi connectivity index (χ0) is 22.5. The molecule has 1 fully saturated rings. The molecule has 0 unspecified atom stereocenters. The Hall–Kier alpha value is -2.17. The second-order valence-corrected chi connectivity index (χ2v) is 7.55. The highest BCUT2D eigenvalue weighted by atomic mass is 19.4. The Labute approximate surface area is 174 Å². The number of ether oxygens (including phenoxy) is 1. The van der Waals surface area contributed by atoms with Crippen molar-refractivity contribution in [3.05, 3.63) is 23.8 Å². The molecular weight excluding hydrogens is 401 g/mol. The second kappa shape index (κ2) is 10.2. The molecule has 0 radical (unpaired) electrons. The number of likely N-dealkylation sites (N-methyl/N-ethyl adjacent to an activating group) is 1. The molecule has 2 rings (SSSR count). The van der Waals surface area contributed by atoms with Gasteiger partial charge in [0.15, 0.2) is 0 Å². The number of amides is 2. The standard InChI is InChI=1S/C20H29F3N4O3/c1-4-26(11-13(2)3)17(10-24)19(29)25-16-6-5-14(9-15(16)20(21,22)23)27-7-8-30-12-18(27)28/h5-6,9,13,17H,4,7-8,10-12,24H2,1-3H3,(H,25,29)/t17-/m1/s1. The number of hydrogen-bond donors (Lipinski definition) is 2. The molecule has 1 aromatic rings. The van der Waals surface area contributed by atoms with Gasteiger partial charge in [-0.1, -0.05) is 20.8 Å². The van der Waals surface area contributed by atoms with Crippen molar-refractivity contribution >= 4 is 23.2 Å². The Morgan fingerprint density at radius 2 is 2.07 bits per heavy atom. The fourth-order valence-corrected chi connectivity index (χ4v) is 3.42. The third-order valence-corrected chi connectivity index (χ3v) is 4.84. The topological polar surface area (TPSA) is 87.9 Å². The number of carbonyl (C=O) groups is 2. The van der Waals surface area contributed by atoms with Crippen molar-refractivity contribution in [3.63, 3.8) is 0 Å². The molecule has 3 N–H and O–H groups in total. The maximum absolute atomic E-state index is 13.7. The average molecular weight is 430 g/mol. The third-order valence-electron chi connectivity index (χ3n) is 4.84. The van der Waals surface area contributed by atoms with Crippen LogP contribution in [0, 0.1) is 5.92 Å². The van der Waals surface area contributed by atoms with Gasteiger partial charge in [-0.2, -0.15) is 13.2 Å². The molecule has 0 spiro atoms. The van der Waals surface area contributed by atoms with Crippen molar-refractivity contribution < 1.29 is 27.5 Å². The SMILES string of the molecule is CCN(CC(C)C)[C@H](CN)C(=O)Nc1ccc(N2CCOCC2=O)cc1C(F)(F)F. The maximum Gasteiger partial charge on any atom is 0.418 e. The van der Waals surface area contributed by atoms with Gasteiger partial charge in [-0.05, 0) is 30.7 Å². The number of nitrogens with zero attached hydrogens (tertiary/aromatic N) is 2. The van der Waals surface area contributed by atoms with Gasteiger partial charge in [-0.3, -0.25) is 14.5 Å². The summed E-state index contributed by atoms with van der Waals surface area (Å²) in [6.07, 6.45) is -4.71. The third kappa shape index (κ3) is 5.93. The van der Waals surface area contributed by atoms with E-state index in [4.69, 9.17) is 10.5 Å². The molecular formula is C20H29F3N4O3. The summed E-state index contributed by atoms with van der Waals surface area (Å²) < 4.78 is 46.1. The van der Waals surface area contributed by atoms with Gasteiger partial charge in [0.1, 0.15) is 12.6 Å². The molecule has 2 amide bonds. The van der Waals surface area contributed by atoms with Crippen molar-refractivity contribution in [1.29, 1.82) is 0 Å². The van der Waals surface area contributed by atoms with Gasteiger partial charge >= 0.3 is 6.18 Å². The quantitative estimate of drug-likeness (QED) is 0.661. The fraction of sp³-hybridized carbons (Fsp3) is 0.600. The van der Waals surface area contributed by atoms with Crippen LogP contribution in [0.1, 0.15) is 26.3 Å². The summed E-state index contributed by atoms with van der Waals surface area (Å²) >= 11 is 0. The van der Waals surface area contributed by atoms with Crippen molar-refractivity contribution in [3.8, 4) is 0 Å². The monoisotopic (exact) mass is 430 g/mol. The van der Waals surface area contributed by atoms with Gasteiger partial charge in [0, 0.05) is 25.3 Å². The van der Waals surface area contributed by atoms with Crippen LogP contribution in [0.5, 0.6) is 0 Å². The molecule has 1 aliphatic rings. The second-order valence-electron chi connectivity index (χ2n) is 7.55. The lowest BCUT2D eigenvalue weighted by Crippen LogP contribution is -2.49. The van der Waals surface area contributed by atoms with Crippen LogP contribution in [0.3, 0.4) is 0 Å². The van der Waals surface area contributed by atoms with E-state index in [2.05, 4.69) is 5.32 Å². The van der Waals surface area contributed by atoms with E-state index in [9.17, 15) is 22.8 Å². The number of benzene rings is 1. The summed E-state index contributed by atoms with van der Waals surface area (Å²) in [5.74, 6) is -0.745. The van der Waals surface area contributed by atoms with Gasteiger partial charge in [-0.15, -0.1) is 0 Å². The molecule has 1 aromatic carbocycles. The van der Waals surface area contributed by atoms with Gasteiger partial charge in [0.2, 0.25) is 5.91 Å². The van der Waals surface area contributed by atoms with Crippen LogP contribution in [-0.2, 0) is 20.5 Å². The molecule has 0 aliphatic carbocycles. The molecule has 168 valence electrons. The van der Waals surface area contributed by atoms with Gasteiger partial charge in [0.25, 0.3) is 5.91 Å². The fourth-order valence-electron chi connectivity index (χ4n) is 3.42. The molecule has 1 atom stereocenters. The first-order valence-corrected chi connectivity index (χ1v) is 9.92. The molecule has 0 saturated carbocycles. The highest BCUT2D eigenvalue weighted by Gasteiger charge is 2.36. The predicted octanol–water partition coefficient (Wildman–Crippen LogP) is 2.31. The molecule has 0 bridgehead atoms. The van der Waals surface area contributed by atoms with Crippen molar-refractivity contribution in [2.45, 2.75) is 33.0 Å². The summed E-state index contributed by atoms with van der Waals surface area (Å²) in [5, 5.41) is 2.39. The summed E-state index contributed by atoms with van der Waals surface area (Å²) in [7, 11) is 0. The number of nitrogens with one attached hydrogen (secondary N) is 1. The van der Waals surface area contributed by atoms with Crippen LogP contribution in [0.2, 0.25) is 0 Å². The Balaban J connectivity index is 2.31. The first kappa shape index (κ1) is 24.1. The minimum atomic E-state index is -4.71. The van der Waals surface area contributed by atoms with Crippen LogP contribution < -0.4 is 16.0 Å². The van der Waals surface area contributed by atoms with E-state index < -0.39 is 29.6 Å². The van der Waals surface area contributed by atoms with E-state index in [0.717, 1.165) is 6.07 Å². The maximum atomic E-state index is 13.7. The van der Waals surface area contributed by atoms with Crippen LogP contribution in [0.4, 0.5) is 24.5 Å². The lowest BCUT2D eigenvalue weighted by atomic mass is 10.1. The molecule has 7 nitrogen and oxygen atoms in total. The number of hydrogen-bond acceptors (Lipinski definition) is 5. The number of rotatable bonds is 8. The van der Waals surface area contributed by atoms with E-state index in [-0.39, 0.29) is 43.6 Å². The van der Waals surface area contributed by atoms with Gasteiger partial charge < -0.3 is 20.7 Å². The van der Waals surface area contributed by atoms with E-state index in [0.29, 0.717) is 13.1 Å². The van der Waals surface area contributed by atoms with E-state index in [1.807, 2.05) is 25.7 Å². The minimum absolute atomic E-state index is 0.0197. The lowest BCUT2D eigenvalue weighted by Gasteiger charge is -2.31. The highest BCUT2D eigenvalue weighted by molar-refractivity contribution is 5.98. The first-order chi connectivity index (χ1) is 14.1. The van der Waals surface area contributed by atoms with Gasteiger partial charge in [-0.25, -0.2) is 0 Å². The van der Waals surface area contributed by atoms with Crippen LogP contribution in [0.25, 0.3) is 0 Å². The lowest BCUT2D eigenvalue weighted by molar-refractivity contribution is -0.137. The number of halogens is 3. The van der Waals surface area contributed by atoms with Gasteiger partial charge in [0.05, 0.1) is 17.9 Å². The first-order valence-electron chi connectivity index (χ1n) is 9.92. The Kier molecular flexibility index (Phi) is 8.22. The van der Waals surface area contributed by atoms with Crippen LogP contribution in [0.15, 0.2) is 18.2 Å². The molecule has 1 aliphatic heterocycles. The summed E-state index contributed by atoms with van der Waals surface area (Å²) in [5.41, 5.74) is 4.49. The molecule has 1 saturated heterocycles. The number of anilines is 2. The summed E-state index contributed by atoms with van der Waals surface area (Å²) in [4.78, 5) is 27.8. The normalized spacial score (nSPS) is 16.3. The van der Waals surface area contributed by atoms with Crippen molar-refractivity contribution in [2.24, 2.45) is 11.7 Å². The number of morpholine rings is 1. The minimum Gasteiger partial charge on any atom is -0.370 e. The smallest absolute Gasteiger partial charge is 0.370 e. The molecule has 30 heavy (non-hydrogen) atoms. The molecule has 1 heterocycles. The van der Waals surface area contributed by atoms with E-state index in [1.54, 1.807) is 0 Å². The molecule has 10 heteroatoms. The highest BCUT2D eigenvalue weighted by Crippen LogP contribution is 2.37. The molecule has 0 aromatic heterocycles. The zero-order valence-electron chi connectivity index (χ0n) is 17.5. The number of nitrogens with two attached hydrogens (primary N) is 1. The number of alkyl halides is 3. The average Bonchev–Trinajstić information content (AvgIpc) is 2.67. The van der Waals surface area contributed by atoms with Crippen molar-refractivity contribution in [1.82, 2.24) is 4.90 Å². The van der Waals surface area contributed by atoms with Crippen molar-refractivity contribution in [2.75, 3.05) is 49.6 Å².